The van der Waals surface area contributed by atoms with Crippen molar-refractivity contribution in [2.45, 2.75) is 45.4 Å². The molecule has 0 bridgehead atoms. The van der Waals surface area contributed by atoms with E-state index in [9.17, 15) is 4.79 Å². The minimum atomic E-state index is -0.00606. The predicted octanol–water partition coefficient (Wildman–Crippen LogP) is 4.10. The summed E-state index contributed by atoms with van der Waals surface area (Å²) in [6.45, 7) is 3.50. The van der Waals surface area contributed by atoms with Crippen molar-refractivity contribution in [3.63, 3.8) is 0 Å². The van der Waals surface area contributed by atoms with Gasteiger partial charge in [-0.3, -0.25) is 4.79 Å². The molecule has 0 spiro atoms. The summed E-state index contributed by atoms with van der Waals surface area (Å²) >= 11 is 0. The Bertz CT molecular complexity index is 476. The van der Waals surface area contributed by atoms with E-state index in [1.54, 1.807) is 0 Å². The Morgan fingerprint density at radius 1 is 1.24 bits per heavy atom. The van der Waals surface area contributed by atoms with Crippen LogP contribution >= 0.6 is 0 Å². The third-order valence-corrected chi connectivity index (χ3v) is 3.71. The van der Waals surface area contributed by atoms with Crippen LogP contribution in [-0.4, -0.2) is 19.1 Å². The van der Waals surface area contributed by atoms with Crippen LogP contribution in [0.4, 0.5) is 0 Å². The summed E-state index contributed by atoms with van der Waals surface area (Å²) in [6.07, 6.45) is 9.28. The second-order valence-corrected chi connectivity index (χ2v) is 5.49. The fourth-order valence-corrected chi connectivity index (χ4v) is 2.49. The standard InChI is InChI=1S/C18H25NO2/c1-2-14-21-17-10-8-16(9-11-17)18(20)19-13-12-15-6-4-3-5-7-15/h6,8-11H,2-5,7,12-14H2,1H3,(H,19,20). The maximum Gasteiger partial charge on any atom is 0.251 e. The van der Waals surface area contributed by atoms with Crippen molar-refractivity contribution in [3.8, 4) is 5.75 Å². The van der Waals surface area contributed by atoms with E-state index < -0.39 is 0 Å². The van der Waals surface area contributed by atoms with Crippen LogP contribution in [0.25, 0.3) is 0 Å². The van der Waals surface area contributed by atoms with Crippen LogP contribution in [-0.2, 0) is 0 Å². The van der Waals surface area contributed by atoms with Crippen molar-refractivity contribution in [3.05, 3.63) is 41.5 Å². The zero-order valence-corrected chi connectivity index (χ0v) is 12.9. The fourth-order valence-electron chi connectivity index (χ4n) is 2.49. The van der Waals surface area contributed by atoms with Gasteiger partial charge in [-0.2, -0.15) is 0 Å². The highest BCUT2D eigenvalue weighted by atomic mass is 16.5. The quantitative estimate of drug-likeness (QED) is 0.767. The number of hydrogen-bond acceptors (Lipinski definition) is 2. The third-order valence-electron chi connectivity index (χ3n) is 3.71. The largest absolute Gasteiger partial charge is 0.494 e. The Morgan fingerprint density at radius 2 is 2.05 bits per heavy atom. The number of nitrogens with one attached hydrogen (secondary N) is 1. The first-order valence-corrected chi connectivity index (χ1v) is 7.98. The molecule has 1 aliphatic rings. The van der Waals surface area contributed by atoms with Crippen LogP contribution < -0.4 is 10.1 Å². The van der Waals surface area contributed by atoms with Crippen molar-refractivity contribution in [1.29, 1.82) is 0 Å². The molecule has 0 saturated carbocycles. The van der Waals surface area contributed by atoms with E-state index >= 15 is 0 Å². The van der Waals surface area contributed by atoms with E-state index in [1.165, 1.54) is 31.3 Å². The number of rotatable bonds is 7. The first-order valence-electron chi connectivity index (χ1n) is 7.98. The Labute approximate surface area is 127 Å². The van der Waals surface area contributed by atoms with Crippen LogP contribution in [0, 0.1) is 0 Å². The number of ether oxygens (including phenoxy) is 1. The van der Waals surface area contributed by atoms with Gasteiger partial charge in [-0.1, -0.05) is 18.6 Å². The Morgan fingerprint density at radius 3 is 2.71 bits per heavy atom. The lowest BCUT2D eigenvalue weighted by Gasteiger charge is -2.13. The molecule has 0 atom stereocenters. The van der Waals surface area contributed by atoms with Crippen molar-refractivity contribution < 1.29 is 9.53 Å². The van der Waals surface area contributed by atoms with Crippen LogP contribution in [0.1, 0.15) is 55.8 Å². The minimum absolute atomic E-state index is 0.00606. The molecular formula is C18H25NO2. The van der Waals surface area contributed by atoms with E-state index in [2.05, 4.69) is 18.3 Å². The van der Waals surface area contributed by atoms with Gasteiger partial charge in [-0.15, -0.1) is 0 Å². The number of amides is 1. The van der Waals surface area contributed by atoms with Gasteiger partial charge in [0.15, 0.2) is 0 Å². The van der Waals surface area contributed by atoms with Gasteiger partial charge in [-0.25, -0.2) is 0 Å². The summed E-state index contributed by atoms with van der Waals surface area (Å²) in [5, 5.41) is 2.99. The number of benzene rings is 1. The first-order chi connectivity index (χ1) is 10.3. The molecular weight excluding hydrogens is 262 g/mol. The summed E-state index contributed by atoms with van der Waals surface area (Å²) in [5.41, 5.74) is 2.18. The monoisotopic (exact) mass is 287 g/mol. The van der Waals surface area contributed by atoms with Crippen LogP contribution in [0.5, 0.6) is 5.75 Å². The Hall–Kier alpha value is -1.77. The Balaban J connectivity index is 1.76. The van der Waals surface area contributed by atoms with Gasteiger partial charge in [-0.05, 0) is 62.8 Å². The van der Waals surface area contributed by atoms with Gasteiger partial charge in [0.2, 0.25) is 0 Å². The van der Waals surface area contributed by atoms with Crippen molar-refractivity contribution in [1.82, 2.24) is 5.32 Å². The number of allylic oxidation sites excluding steroid dienone is 1. The van der Waals surface area contributed by atoms with E-state index in [-0.39, 0.29) is 5.91 Å². The summed E-state index contributed by atoms with van der Waals surface area (Å²) in [7, 11) is 0. The first kappa shape index (κ1) is 15.6. The molecule has 0 aliphatic heterocycles. The lowest BCUT2D eigenvalue weighted by Crippen LogP contribution is -2.24. The zero-order chi connectivity index (χ0) is 14.9. The maximum atomic E-state index is 12.0. The highest BCUT2D eigenvalue weighted by Gasteiger charge is 2.07. The normalized spacial score (nSPS) is 14.4. The lowest BCUT2D eigenvalue weighted by atomic mass is 9.97. The zero-order valence-electron chi connectivity index (χ0n) is 12.9. The van der Waals surface area contributed by atoms with Crippen molar-refractivity contribution >= 4 is 5.91 Å². The van der Waals surface area contributed by atoms with Crippen LogP contribution in [0.15, 0.2) is 35.9 Å². The summed E-state index contributed by atoms with van der Waals surface area (Å²) in [6, 6.07) is 7.35. The molecule has 0 radical (unpaired) electrons. The second-order valence-electron chi connectivity index (χ2n) is 5.49. The van der Waals surface area contributed by atoms with Crippen LogP contribution in [0.3, 0.4) is 0 Å². The second kappa shape index (κ2) is 8.50. The Kier molecular flexibility index (Phi) is 6.32. The van der Waals surface area contributed by atoms with Crippen molar-refractivity contribution in [2.75, 3.05) is 13.2 Å². The average molecular weight is 287 g/mol. The van der Waals surface area contributed by atoms with E-state index in [1.807, 2.05) is 24.3 Å². The van der Waals surface area contributed by atoms with E-state index in [0.29, 0.717) is 12.2 Å². The van der Waals surface area contributed by atoms with Gasteiger partial charge in [0.05, 0.1) is 6.61 Å². The molecule has 114 valence electrons. The summed E-state index contributed by atoms with van der Waals surface area (Å²) < 4.78 is 5.51. The maximum absolute atomic E-state index is 12.0. The van der Waals surface area contributed by atoms with Gasteiger partial charge < -0.3 is 10.1 Å². The molecule has 3 heteroatoms. The molecule has 0 saturated heterocycles. The molecule has 1 amide bonds. The molecule has 0 fully saturated rings. The van der Waals surface area contributed by atoms with Crippen LogP contribution in [0.2, 0.25) is 0 Å². The molecule has 3 nitrogen and oxygen atoms in total. The van der Waals surface area contributed by atoms with Gasteiger partial charge in [0.1, 0.15) is 5.75 Å². The molecule has 0 heterocycles. The summed E-state index contributed by atoms with van der Waals surface area (Å²) in [4.78, 5) is 12.0. The van der Waals surface area contributed by atoms with Gasteiger partial charge in [0, 0.05) is 12.1 Å². The number of carbonyl (C=O) groups is 1. The van der Waals surface area contributed by atoms with E-state index in [4.69, 9.17) is 4.74 Å². The molecule has 1 aliphatic carbocycles. The lowest BCUT2D eigenvalue weighted by molar-refractivity contribution is 0.0954. The average Bonchev–Trinajstić information content (AvgIpc) is 2.54. The highest BCUT2D eigenvalue weighted by Crippen LogP contribution is 2.19. The minimum Gasteiger partial charge on any atom is -0.494 e. The van der Waals surface area contributed by atoms with Crippen molar-refractivity contribution in [2.24, 2.45) is 0 Å². The molecule has 21 heavy (non-hydrogen) atoms. The smallest absolute Gasteiger partial charge is 0.251 e. The summed E-state index contributed by atoms with van der Waals surface area (Å²) in [5.74, 6) is 0.814. The molecule has 2 rings (SSSR count). The third kappa shape index (κ3) is 5.25. The molecule has 1 aromatic carbocycles. The number of carbonyl (C=O) groups excluding carboxylic acids is 1. The molecule has 0 aromatic heterocycles. The fraction of sp³-hybridized carbons (Fsp3) is 0.500. The number of hydrogen-bond donors (Lipinski definition) is 1. The van der Waals surface area contributed by atoms with Gasteiger partial charge >= 0.3 is 0 Å². The predicted molar refractivity (Wildman–Crippen MR) is 85.7 cm³/mol. The SMILES string of the molecule is CCCOc1ccc(C(=O)NCCC2=CCCCC2)cc1. The molecule has 1 aromatic rings. The topological polar surface area (TPSA) is 38.3 Å². The molecule has 1 N–H and O–H groups in total. The highest BCUT2D eigenvalue weighted by molar-refractivity contribution is 5.94. The van der Waals surface area contributed by atoms with Gasteiger partial charge in [0.25, 0.3) is 5.91 Å². The van der Waals surface area contributed by atoms with E-state index in [0.717, 1.165) is 25.1 Å². The molecule has 0 unspecified atom stereocenters.